The summed E-state index contributed by atoms with van der Waals surface area (Å²) in [5.74, 6) is 0. The molecule has 0 aliphatic heterocycles. The minimum Gasteiger partial charge on any atom is -0.319 e. The van der Waals surface area contributed by atoms with Crippen molar-refractivity contribution >= 4 is 0 Å². The molecule has 8 heavy (non-hydrogen) atoms. The summed E-state index contributed by atoms with van der Waals surface area (Å²) in [7, 11) is 0. The average molecular weight is 335 g/mol. The van der Waals surface area contributed by atoms with Gasteiger partial charge in [-0.1, -0.05) is 0 Å². The largest absolute Gasteiger partial charge is 1.00 e. The van der Waals surface area contributed by atoms with E-state index in [0.29, 0.717) is 0 Å². The van der Waals surface area contributed by atoms with Gasteiger partial charge in [-0.05, 0) is 0 Å². The summed E-state index contributed by atoms with van der Waals surface area (Å²) in [6, 6.07) is 13.0. The molecular formula is C6H4RbYb-. The van der Waals surface area contributed by atoms with Gasteiger partial charge in [0.25, 0.3) is 0 Å². The van der Waals surface area contributed by atoms with Crippen molar-refractivity contribution in [1.29, 1.82) is 0 Å². The Morgan fingerprint density at radius 1 is 0.750 bits per heavy atom. The van der Waals surface area contributed by atoms with Crippen molar-refractivity contribution in [3.63, 3.8) is 0 Å². The predicted octanol–water partition coefficient (Wildman–Crippen LogP) is -1.71. The van der Waals surface area contributed by atoms with E-state index >= 15 is 0 Å². The summed E-state index contributed by atoms with van der Waals surface area (Å²) in [5, 5.41) is 0. The third-order valence-corrected chi connectivity index (χ3v) is 0.552. The molecule has 0 aromatic heterocycles. The Hall–Kier alpha value is 2.54. The van der Waals surface area contributed by atoms with Gasteiger partial charge in [0.1, 0.15) is 0 Å². The molecule has 0 aliphatic rings. The second-order valence-corrected chi connectivity index (χ2v) is 1.00. The topological polar surface area (TPSA) is 0 Å². The van der Waals surface area contributed by atoms with Crippen LogP contribution >= 0.6 is 0 Å². The standard InChI is InChI=1S/C6H4.Rb.Yb/c1-2-4-6-5-3-1;;/h1-2,5-6H;;/q-2;+1;. The number of rotatable bonds is 0. The first-order chi connectivity index (χ1) is 3.00. The average Bonchev–Trinajstić information content (AvgIpc) is 1.72. The molecule has 1 rings (SSSR count). The van der Waals surface area contributed by atoms with Gasteiger partial charge in [-0.3, -0.25) is 24.3 Å². The van der Waals surface area contributed by atoms with Crippen molar-refractivity contribution in [2.24, 2.45) is 0 Å². The van der Waals surface area contributed by atoms with Crippen molar-refractivity contribution < 1.29 is 105 Å². The Kier molecular flexibility index (Phi) is 15.7. The van der Waals surface area contributed by atoms with Crippen LogP contribution in [0.3, 0.4) is 0 Å². The summed E-state index contributed by atoms with van der Waals surface area (Å²) >= 11 is 0. The van der Waals surface area contributed by atoms with Crippen LogP contribution in [0.4, 0.5) is 0 Å². The van der Waals surface area contributed by atoms with Gasteiger partial charge in [0.15, 0.2) is 0 Å². The van der Waals surface area contributed by atoms with Crippen molar-refractivity contribution in [1.82, 2.24) is 0 Å². The second kappa shape index (κ2) is 9.54. The van der Waals surface area contributed by atoms with Gasteiger partial charge >= 0.3 is 58.2 Å². The van der Waals surface area contributed by atoms with Gasteiger partial charge in [0.2, 0.25) is 0 Å². The maximum absolute atomic E-state index is 2.86. The Bertz CT molecular complexity index is 80.5. The fourth-order valence-electron chi connectivity index (χ4n) is 0.304. The Balaban J connectivity index is 0. The van der Waals surface area contributed by atoms with Gasteiger partial charge in [-0.15, -0.1) is 0 Å². The molecule has 0 atom stereocenters. The molecule has 2 heteroatoms. The van der Waals surface area contributed by atoms with Crippen LogP contribution in [0.1, 0.15) is 0 Å². The van der Waals surface area contributed by atoms with Crippen LogP contribution in [0.25, 0.3) is 0 Å². The third-order valence-electron chi connectivity index (χ3n) is 0.552. The smallest absolute Gasteiger partial charge is 0.319 e. The van der Waals surface area contributed by atoms with Crippen molar-refractivity contribution in [3.8, 4) is 0 Å². The van der Waals surface area contributed by atoms with Gasteiger partial charge in [-0.2, -0.15) is 0 Å². The molecule has 0 saturated carbocycles. The van der Waals surface area contributed by atoms with Crippen LogP contribution in [0, 0.1) is 59.1 Å². The molecule has 0 radical (unpaired) electrons. The molecule has 0 saturated heterocycles. The maximum atomic E-state index is 2.86. The summed E-state index contributed by atoms with van der Waals surface area (Å²) in [5.41, 5.74) is 0. The first-order valence-corrected chi connectivity index (χ1v) is 1.82. The van der Waals surface area contributed by atoms with E-state index < -0.39 is 0 Å². The molecule has 0 heterocycles. The molecule has 0 aliphatic carbocycles. The van der Waals surface area contributed by atoms with Crippen molar-refractivity contribution in [2.75, 3.05) is 0 Å². The normalized spacial score (nSPS) is 6.00. The minimum absolute atomic E-state index is 0. The number of benzene rings is 1. The quantitative estimate of drug-likeness (QED) is 0.496. The van der Waals surface area contributed by atoms with Crippen LogP contribution in [-0.2, 0) is 0 Å². The first kappa shape index (κ1) is 13.2. The minimum atomic E-state index is 0. The number of hydrogen-bond acceptors (Lipinski definition) is 0. The zero-order chi connectivity index (χ0) is 4.24. The predicted molar refractivity (Wildman–Crippen MR) is 24.1 cm³/mol. The van der Waals surface area contributed by atoms with Gasteiger partial charge < -0.3 is 12.1 Å². The monoisotopic (exact) mass is 335 g/mol. The van der Waals surface area contributed by atoms with Crippen LogP contribution in [0.15, 0.2) is 24.3 Å². The van der Waals surface area contributed by atoms with E-state index in [0.717, 1.165) is 0 Å². The van der Waals surface area contributed by atoms with Gasteiger partial charge in [0.05, 0.1) is 0 Å². The van der Waals surface area contributed by atoms with E-state index in [9.17, 15) is 0 Å². The summed E-state index contributed by atoms with van der Waals surface area (Å²) in [6.07, 6.45) is 0. The molecule has 44 valence electrons. The molecule has 0 unspecified atom stereocenters. The Morgan fingerprint density at radius 3 is 1.12 bits per heavy atom. The van der Waals surface area contributed by atoms with E-state index in [1.54, 1.807) is 0 Å². The van der Waals surface area contributed by atoms with E-state index in [1.165, 1.54) is 0 Å². The fourth-order valence-corrected chi connectivity index (χ4v) is 0.304. The summed E-state index contributed by atoms with van der Waals surface area (Å²) < 4.78 is 0. The van der Waals surface area contributed by atoms with Crippen LogP contribution < -0.4 is 58.2 Å². The maximum Gasteiger partial charge on any atom is 1.00 e. The zero-order valence-corrected chi connectivity index (χ0v) is 11.2. The Labute approximate surface area is 137 Å². The fraction of sp³-hybridized carbons (Fsp3) is 0. The molecule has 1 aromatic rings. The molecule has 0 N–H and O–H groups in total. The van der Waals surface area contributed by atoms with E-state index in [-0.39, 0.29) is 105 Å². The van der Waals surface area contributed by atoms with E-state index in [2.05, 4.69) is 12.1 Å². The van der Waals surface area contributed by atoms with Crippen molar-refractivity contribution in [2.45, 2.75) is 0 Å². The Morgan fingerprint density at radius 2 is 1.00 bits per heavy atom. The van der Waals surface area contributed by atoms with Gasteiger partial charge in [-0.25, -0.2) is 0 Å². The first-order valence-electron chi connectivity index (χ1n) is 1.82. The molecule has 0 amide bonds. The SMILES string of the molecule is [Rb+].[Yb].[c-]1cc[c-]cc1. The van der Waals surface area contributed by atoms with Crippen molar-refractivity contribution in [3.05, 3.63) is 36.4 Å². The summed E-state index contributed by atoms with van der Waals surface area (Å²) in [6.45, 7) is 0. The molecule has 0 fully saturated rings. The van der Waals surface area contributed by atoms with Gasteiger partial charge in [0, 0.05) is 46.9 Å². The molecule has 0 spiro atoms. The van der Waals surface area contributed by atoms with E-state index in [1.807, 2.05) is 24.3 Å². The zero-order valence-electron chi connectivity index (χ0n) is 4.58. The second-order valence-electron chi connectivity index (χ2n) is 1.00. The molecule has 0 bridgehead atoms. The van der Waals surface area contributed by atoms with Crippen LogP contribution in [-0.4, -0.2) is 0 Å². The molecular weight excluding hydrogens is 331 g/mol. The number of hydrogen-bond donors (Lipinski definition) is 0. The van der Waals surface area contributed by atoms with Crippen LogP contribution in [0.5, 0.6) is 0 Å². The molecule has 1 aromatic carbocycles. The van der Waals surface area contributed by atoms with Crippen LogP contribution in [0.2, 0.25) is 0 Å². The third kappa shape index (κ3) is 6.66. The van der Waals surface area contributed by atoms with E-state index in [4.69, 9.17) is 0 Å². The molecule has 0 nitrogen and oxygen atoms in total. The summed E-state index contributed by atoms with van der Waals surface area (Å²) in [4.78, 5) is 0.